The van der Waals surface area contributed by atoms with Gasteiger partial charge in [-0.25, -0.2) is 4.98 Å². The molecule has 3 heterocycles. The molecule has 0 amide bonds. The number of ether oxygens (including phenoxy) is 1. The van der Waals surface area contributed by atoms with Crippen LogP contribution in [0.25, 0.3) is 10.9 Å². The number of thioether (sulfide) groups is 1. The lowest BCUT2D eigenvalue weighted by atomic mass is 10.2. The van der Waals surface area contributed by atoms with Crippen molar-refractivity contribution in [1.82, 2.24) is 19.4 Å². The largest absolute Gasteiger partial charge is 0.379 e. The second-order valence-corrected chi connectivity index (χ2v) is 7.73. The SMILES string of the molecule is O=c1c2ccccc2nc(SCc2ccccn2)n1CCCN1CCOCC1. The third kappa shape index (κ3) is 4.60. The molecule has 6 nitrogen and oxygen atoms in total. The minimum absolute atomic E-state index is 0.0381. The van der Waals surface area contributed by atoms with Crippen LogP contribution in [0.4, 0.5) is 0 Å². The summed E-state index contributed by atoms with van der Waals surface area (Å²) in [5.74, 6) is 0.690. The van der Waals surface area contributed by atoms with E-state index in [-0.39, 0.29) is 5.56 Å². The zero-order valence-corrected chi connectivity index (χ0v) is 16.6. The Morgan fingerprint density at radius 1 is 1.04 bits per heavy atom. The van der Waals surface area contributed by atoms with Crippen LogP contribution in [0.3, 0.4) is 0 Å². The Morgan fingerprint density at radius 3 is 2.68 bits per heavy atom. The van der Waals surface area contributed by atoms with Crippen LogP contribution in [-0.2, 0) is 17.0 Å². The topological polar surface area (TPSA) is 60.2 Å². The summed E-state index contributed by atoms with van der Waals surface area (Å²) in [7, 11) is 0. The predicted molar refractivity (Wildman–Crippen MR) is 112 cm³/mol. The second-order valence-electron chi connectivity index (χ2n) is 6.79. The number of nitrogens with zero attached hydrogens (tertiary/aromatic N) is 4. The number of para-hydroxylation sites is 1. The lowest BCUT2D eigenvalue weighted by molar-refractivity contribution is 0.0368. The first-order valence-corrected chi connectivity index (χ1v) is 10.6. The summed E-state index contributed by atoms with van der Waals surface area (Å²) < 4.78 is 7.24. The molecular weight excluding hydrogens is 372 g/mol. The van der Waals surface area contributed by atoms with Crippen LogP contribution >= 0.6 is 11.8 Å². The maximum atomic E-state index is 13.1. The molecule has 28 heavy (non-hydrogen) atoms. The van der Waals surface area contributed by atoms with E-state index in [0.717, 1.165) is 55.6 Å². The Kier molecular flexibility index (Phi) is 6.36. The van der Waals surface area contributed by atoms with Crippen molar-refractivity contribution in [3.05, 3.63) is 64.7 Å². The average molecular weight is 397 g/mol. The van der Waals surface area contributed by atoms with Gasteiger partial charge in [-0.2, -0.15) is 0 Å². The summed E-state index contributed by atoms with van der Waals surface area (Å²) in [4.78, 5) is 24.7. The van der Waals surface area contributed by atoms with Gasteiger partial charge in [0.2, 0.25) is 0 Å². The van der Waals surface area contributed by atoms with E-state index in [0.29, 0.717) is 17.7 Å². The summed E-state index contributed by atoms with van der Waals surface area (Å²) in [6, 6.07) is 13.5. The molecule has 0 aliphatic carbocycles. The molecule has 0 bridgehead atoms. The van der Waals surface area contributed by atoms with E-state index in [2.05, 4.69) is 9.88 Å². The molecule has 0 saturated carbocycles. The third-order valence-corrected chi connectivity index (χ3v) is 5.87. The predicted octanol–water partition coefficient (Wildman–Crippen LogP) is 2.81. The number of pyridine rings is 1. The number of fused-ring (bicyclic) bond motifs is 1. The molecule has 0 radical (unpaired) electrons. The fourth-order valence-electron chi connectivity index (χ4n) is 3.35. The molecule has 4 rings (SSSR count). The molecule has 1 aliphatic rings. The molecule has 1 aromatic carbocycles. The van der Waals surface area contributed by atoms with Crippen molar-refractivity contribution in [3.63, 3.8) is 0 Å². The quantitative estimate of drug-likeness (QED) is 0.452. The molecule has 146 valence electrons. The molecule has 1 aliphatic heterocycles. The lowest BCUT2D eigenvalue weighted by Gasteiger charge is -2.26. The van der Waals surface area contributed by atoms with Gasteiger partial charge >= 0.3 is 0 Å². The summed E-state index contributed by atoms with van der Waals surface area (Å²) in [5, 5.41) is 1.44. The van der Waals surface area contributed by atoms with E-state index >= 15 is 0 Å². The van der Waals surface area contributed by atoms with E-state index in [4.69, 9.17) is 9.72 Å². The molecule has 0 unspecified atom stereocenters. The monoisotopic (exact) mass is 396 g/mol. The van der Waals surface area contributed by atoms with Crippen LogP contribution in [0.1, 0.15) is 12.1 Å². The Morgan fingerprint density at radius 2 is 1.86 bits per heavy atom. The highest BCUT2D eigenvalue weighted by Gasteiger charge is 2.14. The lowest BCUT2D eigenvalue weighted by Crippen LogP contribution is -2.37. The summed E-state index contributed by atoms with van der Waals surface area (Å²) in [5.41, 5.74) is 1.77. The first-order chi connectivity index (χ1) is 13.8. The van der Waals surface area contributed by atoms with Gasteiger partial charge < -0.3 is 4.74 Å². The number of hydrogen-bond donors (Lipinski definition) is 0. The van der Waals surface area contributed by atoms with Gasteiger partial charge in [-0.3, -0.25) is 19.2 Å². The van der Waals surface area contributed by atoms with Crippen molar-refractivity contribution >= 4 is 22.7 Å². The number of rotatable bonds is 7. The van der Waals surface area contributed by atoms with E-state index in [1.54, 1.807) is 18.0 Å². The highest BCUT2D eigenvalue weighted by molar-refractivity contribution is 7.98. The van der Waals surface area contributed by atoms with Gasteiger partial charge in [-0.1, -0.05) is 30.0 Å². The maximum Gasteiger partial charge on any atom is 0.262 e. The van der Waals surface area contributed by atoms with Crippen LogP contribution in [0.2, 0.25) is 0 Å². The van der Waals surface area contributed by atoms with Crippen LogP contribution in [0.15, 0.2) is 58.6 Å². The summed E-state index contributed by atoms with van der Waals surface area (Å²) >= 11 is 1.57. The van der Waals surface area contributed by atoms with Gasteiger partial charge in [0.1, 0.15) is 0 Å². The van der Waals surface area contributed by atoms with Gasteiger partial charge in [-0.15, -0.1) is 0 Å². The number of hydrogen-bond acceptors (Lipinski definition) is 6. The number of aromatic nitrogens is 3. The van der Waals surface area contributed by atoms with Gasteiger partial charge in [0.15, 0.2) is 5.16 Å². The first-order valence-electron chi connectivity index (χ1n) is 9.63. The summed E-state index contributed by atoms with van der Waals surface area (Å²) in [6.07, 6.45) is 2.70. The maximum absolute atomic E-state index is 13.1. The van der Waals surface area contributed by atoms with Crippen molar-refractivity contribution in [2.45, 2.75) is 23.9 Å². The molecule has 3 aromatic rings. The Bertz CT molecular complexity index is 971. The molecule has 1 saturated heterocycles. The highest BCUT2D eigenvalue weighted by Crippen LogP contribution is 2.21. The van der Waals surface area contributed by atoms with Gasteiger partial charge in [0.25, 0.3) is 5.56 Å². The van der Waals surface area contributed by atoms with E-state index in [1.807, 2.05) is 47.0 Å². The molecule has 0 spiro atoms. The van der Waals surface area contributed by atoms with E-state index in [1.165, 1.54) is 0 Å². The summed E-state index contributed by atoms with van der Waals surface area (Å²) in [6.45, 7) is 5.15. The number of morpholine rings is 1. The minimum atomic E-state index is 0.0381. The molecule has 0 atom stereocenters. The van der Waals surface area contributed by atoms with Crippen molar-refractivity contribution in [3.8, 4) is 0 Å². The fourth-order valence-corrected chi connectivity index (χ4v) is 4.29. The van der Waals surface area contributed by atoms with Gasteiger partial charge in [0, 0.05) is 38.1 Å². The third-order valence-electron chi connectivity index (χ3n) is 4.86. The Hall–Kier alpha value is -2.22. The van der Waals surface area contributed by atoms with Crippen LogP contribution < -0.4 is 5.56 Å². The second kappa shape index (κ2) is 9.32. The molecule has 1 fully saturated rings. The van der Waals surface area contributed by atoms with Crippen molar-refractivity contribution < 1.29 is 4.74 Å². The zero-order valence-electron chi connectivity index (χ0n) is 15.8. The minimum Gasteiger partial charge on any atom is -0.379 e. The smallest absolute Gasteiger partial charge is 0.262 e. The zero-order chi connectivity index (χ0) is 19.2. The first kappa shape index (κ1) is 19.1. The Balaban J connectivity index is 1.54. The standard InChI is InChI=1S/C21H24N4O2S/c26-20-18-7-1-2-8-19(18)23-21(28-16-17-6-3-4-9-22-17)25(20)11-5-10-24-12-14-27-15-13-24/h1-4,6-9H,5,10-16H2. The molecular formula is C21H24N4O2S. The van der Waals surface area contributed by atoms with Crippen molar-refractivity contribution in [2.75, 3.05) is 32.8 Å². The van der Waals surface area contributed by atoms with Crippen LogP contribution in [-0.4, -0.2) is 52.3 Å². The van der Waals surface area contributed by atoms with Crippen molar-refractivity contribution in [1.29, 1.82) is 0 Å². The number of benzene rings is 1. The Labute approximate surface area is 168 Å². The van der Waals surface area contributed by atoms with E-state index in [9.17, 15) is 4.79 Å². The normalized spacial score (nSPS) is 15.1. The van der Waals surface area contributed by atoms with Gasteiger partial charge in [-0.05, 0) is 30.7 Å². The van der Waals surface area contributed by atoms with Crippen molar-refractivity contribution in [2.24, 2.45) is 0 Å². The average Bonchev–Trinajstić information content (AvgIpc) is 2.75. The molecule has 7 heteroatoms. The van der Waals surface area contributed by atoms with Gasteiger partial charge in [0.05, 0.1) is 29.8 Å². The molecule has 0 N–H and O–H groups in total. The van der Waals surface area contributed by atoms with E-state index < -0.39 is 0 Å². The highest BCUT2D eigenvalue weighted by atomic mass is 32.2. The van der Waals surface area contributed by atoms with Crippen LogP contribution in [0.5, 0.6) is 0 Å². The van der Waals surface area contributed by atoms with Crippen LogP contribution in [0, 0.1) is 0 Å². The fraction of sp³-hybridized carbons (Fsp3) is 0.381. The molecule has 2 aromatic heterocycles.